The van der Waals surface area contributed by atoms with Gasteiger partial charge in [-0.05, 0) is 43.7 Å². The highest BCUT2D eigenvalue weighted by atomic mass is 35.5. The molecule has 0 fully saturated rings. The van der Waals surface area contributed by atoms with Crippen LogP contribution in [0.5, 0.6) is 5.75 Å². The number of aromatic nitrogens is 1. The third kappa shape index (κ3) is 4.25. The van der Waals surface area contributed by atoms with Gasteiger partial charge < -0.3 is 14.6 Å². The van der Waals surface area contributed by atoms with Gasteiger partial charge >= 0.3 is 0 Å². The van der Waals surface area contributed by atoms with E-state index in [0.717, 1.165) is 36.5 Å². The first kappa shape index (κ1) is 14.9. The molecule has 108 valence electrons. The summed E-state index contributed by atoms with van der Waals surface area (Å²) >= 11 is 5.91. The van der Waals surface area contributed by atoms with Crippen molar-refractivity contribution in [1.82, 2.24) is 10.5 Å². The van der Waals surface area contributed by atoms with E-state index in [1.807, 2.05) is 31.2 Å². The van der Waals surface area contributed by atoms with Gasteiger partial charge in [-0.2, -0.15) is 0 Å². The van der Waals surface area contributed by atoms with Crippen LogP contribution in [0.2, 0.25) is 5.02 Å². The van der Waals surface area contributed by atoms with Gasteiger partial charge in [0.1, 0.15) is 12.4 Å². The molecule has 1 heterocycles. The van der Waals surface area contributed by atoms with Gasteiger partial charge in [-0.15, -0.1) is 0 Å². The molecule has 2 aromatic rings. The standard InChI is InChI=1S/C15H19ClN2O2/c1-3-6-17-9-13-8-14(20-18-13)10-19-15-5-4-12(16)7-11(15)2/h4-5,7-8,17H,3,6,9-10H2,1-2H3. The van der Waals surface area contributed by atoms with Crippen molar-refractivity contribution in [2.24, 2.45) is 0 Å². The number of nitrogens with one attached hydrogen (secondary N) is 1. The first-order chi connectivity index (χ1) is 9.69. The summed E-state index contributed by atoms with van der Waals surface area (Å²) in [6.07, 6.45) is 1.10. The maximum absolute atomic E-state index is 5.91. The minimum absolute atomic E-state index is 0.364. The van der Waals surface area contributed by atoms with E-state index in [1.165, 1.54) is 0 Å². The lowest BCUT2D eigenvalue weighted by atomic mass is 10.2. The van der Waals surface area contributed by atoms with E-state index >= 15 is 0 Å². The molecular formula is C15H19ClN2O2. The van der Waals surface area contributed by atoms with Crippen molar-refractivity contribution in [3.05, 3.63) is 46.3 Å². The fourth-order valence-electron chi connectivity index (χ4n) is 1.82. The van der Waals surface area contributed by atoms with Crippen LogP contribution < -0.4 is 10.1 Å². The van der Waals surface area contributed by atoms with Crippen LogP contribution in [0.4, 0.5) is 0 Å². The highest BCUT2D eigenvalue weighted by Crippen LogP contribution is 2.22. The van der Waals surface area contributed by atoms with Crippen LogP contribution in [0.1, 0.15) is 30.4 Å². The highest BCUT2D eigenvalue weighted by molar-refractivity contribution is 6.30. The summed E-state index contributed by atoms with van der Waals surface area (Å²) in [7, 11) is 0. The summed E-state index contributed by atoms with van der Waals surface area (Å²) < 4.78 is 10.9. The van der Waals surface area contributed by atoms with Crippen LogP contribution in [0.15, 0.2) is 28.8 Å². The molecule has 0 amide bonds. The van der Waals surface area contributed by atoms with Crippen LogP contribution in [0, 0.1) is 6.92 Å². The number of halogens is 1. The largest absolute Gasteiger partial charge is 0.485 e. The van der Waals surface area contributed by atoms with Gasteiger partial charge in [-0.1, -0.05) is 23.7 Å². The molecule has 1 N–H and O–H groups in total. The molecule has 0 aliphatic rings. The Balaban J connectivity index is 1.87. The average molecular weight is 295 g/mol. The monoisotopic (exact) mass is 294 g/mol. The summed E-state index contributed by atoms with van der Waals surface area (Å²) in [5.41, 5.74) is 1.90. The third-order valence-electron chi connectivity index (χ3n) is 2.85. The molecule has 0 spiro atoms. The Morgan fingerprint density at radius 2 is 2.20 bits per heavy atom. The molecule has 0 bridgehead atoms. The molecular weight excluding hydrogens is 276 g/mol. The van der Waals surface area contributed by atoms with E-state index in [0.29, 0.717) is 17.4 Å². The van der Waals surface area contributed by atoms with Crippen LogP contribution in [0.3, 0.4) is 0 Å². The molecule has 0 radical (unpaired) electrons. The lowest BCUT2D eigenvalue weighted by Crippen LogP contribution is -2.13. The van der Waals surface area contributed by atoms with Crippen molar-refractivity contribution in [1.29, 1.82) is 0 Å². The Bertz CT molecular complexity index is 555. The predicted molar refractivity (Wildman–Crippen MR) is 79.0 cm³/mol. The Kier molecular flexibility index (Phi) is 5.44. The summed E-state index contributed by atoms with van der Waals surface area (Å²) in [4.78, 5) is 0. The zero-order valence-electron chi connectivity index (χ0n) is 11.8. The van der Waals surface area contributed by atoms with Gasteiger partial charge in [0.05, 0.1) is 5.69 Å². The smallest absolute Gasteiger partial charge is 0.174 e. The quantitative estimate of drug-likeness (QED) is 0.791. The van der Waals surface area contributed by atoms with Gasteiger partial charge in [-0.3, -0.25) is 0 Å². The van der Waals surface area contributed by atoms with Crippen LogP contribution in [-0.4, -0.2) is 11.7 Å². The SMILES string of the molecule is CCCNCc1cc(COc2ccc(Cl)cc2C)on1. The fourth-order valence-corrected chi connectivity index (χ4v) is 2.05. The van der Waals surface area contributed by atoms with Crippen molar-refractivity contribution in [3.63, 3.8) is 0 Å². The van der Waals surface area contributed by atoms with E-state index in [-0.39, 0.29) is 0 Å². The molecule has 2 rings (SSSR count). The van der Waals surface area contributed by atoms with Crippen LogP contribution in [-0.2, 0) is 13.2 Å². The lowest BCUT2D eigenvalue weighted by molar-refractivity contribution is 0.247. The van der Waals surface area contributed by atoms with E-state index in [1.54, 1.807) is 0 Å². The topological polar surface area (TPSA) is 47.3 Å². The van der Waals surface area contributed by atoms with Crippen molar-refractivity contribution >= 4 is 11.6 Å². The number of nitrogens with zero attached hydrogens (tertiary/aromatic N) is 1. The van der Waals surface area contributed by atoms with E-state index < -0.39 is 0 Å². The molecule has 1 aromatic heterocycles. The van der Waals surface area contributed by atoms with E-state index in [2.05, 4.69) is 17.4 Å². The highest BCUT2D eigenvalue weighted by Gasteiger charge is 2.06. The number of ether oxygens (including phenoxy) is 1. The molecule has 20 heavy (non-hydrogen) atoms. The third-order valence-corrected chi connectivity index (χ3v) is 3.08. The van der Waals surface area contributed by atoms with E-state index in [9.17, 15) is 0 Å². The van der Waals surface area contributed by atoms with Crippen molar-refractivity contribution in [2.45, 2.75) is 33.4 Å². The summed E-state index contributed by atoms with van der Waals surface area (Å²) in [6.45, 7) is 6.15. The molecule has 0 aliphatic heterocycles. The van der Waals surface area contributed by atoms with Gasteiger partial charge in [0, 0.05) is 17.6 Å². The minimum Gasteiger partial charge on any atom is -0.485 e. The summed E-state index contributed by atoms with van der Waals surface area (Å²) in [5.74, 6) is 1.52. The second kappa shape index (κ2) is 7.31. The molecule has 0 saturated heterocycles. The zero-order chi connectivity index (χ0) is 14.4. The zero-order valence-corrected chi connectivity index (χ0v) is 12.5. The Labute approximate surface area is 124 Å². The Morgan fingerprint density at radius 3 is 2.95 bits per heavy atom. The maximum Gasteiger partial charge on any atom is 0.174 e. The molecule has 5 heteroatoms. The van der Waals surface area contributed by atoms with Crippen molar-refractivity contribution in [3.8, 4) is 5.75 Å². The van der Waals surface area contributed by atoms with Crippen LogP contribution in [0.25, 0.3) is 0 Å². The first-order valence-corrected chi connectivity index (χ1v) is 7.11. The number of hydrogen-bond donors (Lipinski definition) is 1. The fraction of sp³-hybridized carbons (Fsp3) is 0.400. The van der Waals surface area contributed by atoms with Gasteiger partial charge in [0.15, 0.2) is 5.76 Å². The molecule has 4 nitrogen and oxygen atoms in total. The number of aryl methyl sites for hydroxylation is 1. The minimum atomic E-state index is 0.364. The summed E-state index contributed by atoms with van der Waals surface area (Å²) in [6, 6.07) is 7.45. The van der Waals surface area contributed by atoms with Gasteiger partial charge in [0.2, 0.25) is 0 Å². The van der Waals surface area contributed by atoms with Gasteiger partial charge in [-0.25, -0.2) is 0 Å². The van der Waals surface area contributed by atoms with Crippen LogP contribution >= 0.6 is 11.6 Å². The number of rotatable bonds is 7. The molecule has 0 aliphatic carbocycles. The molecule has 0 unspecified atom stereocenters. The normalized spacial score (nSPS) is 10.8. The Morgan fingerprint density at radius 1 is 1.35 bits per heavy atom. The van der Waals surface area contributed by atoms with Gasteiger partial charge in [0.25, 0.3) is 0 Å². The van der Waals surface area contributed by atoms with Crippen molar-refractivity contribution in [2.75, 3.05) is 6.54 Å². The number of benzene rings is 1. The predicted octanol–water partition coefficient (Wildman–Crippen LogP) is 3.72. The maximum atomic E-state index is 5.91. The summed E-state index contributed by atoms with van der Waals surface area (Å²) in [5, 5.41) is 7.98. The second-order valence-corrected chi connectivity index (χ2v) is 5.10. The second-order valence-electron chi connectivity index (χ2n) is 4.66. The molecule has 0 atom stereocenters. The molecule has 0 saturated carbocycles. The average Bonchev–Trinajstić information content (AvgIpc) is 2.86. The Hall–Kier alpha value is -1.52. The van der Waals surface area contributed by atoms with Crippen molar-refractivity contribution < 1.29 is 9.26 Å². The lowest BCUT2D eigenvalue weighted by Gasteiger charge is -2.07. The molecule has 1 aromatic carbocycles. The first-order valence-electron chi connectivity index (χ1n) is 6.73. The van der Waals surface area contributed by atoms with E-state index in [4.69, 9.17) is 20.9 Å². The number of hydrogen-bond acceptors (Lipinski definition) is 4.